The zero-order chi connectivity index (χ0) is 15.6. The van der Waals surface area contributed by atoms with Gasteiger partial charge in [0.05, 0.1) is 11.6 Å². The first-order valence-electron chi connectivity index (χ1n) is 6.09. The van der Waals surface area contributed by atoms with Crippen molar-refractivity contribution in [1.29, 1.82) is 0 Å². The highest BCUT2D eigenvalue weighted by Gasteiger charge is 2.15. The van der Waals surface area contributed by atoms with Crippen molar-refractivity contribution >= 4 is 33.4 Å². The third-order valence-corrected chi connectivity index (χ3v) is 3.86. The molecule has 0 saturated carbocycles. The van der Waals surface area contributed by atoms with Crippen molar-refractivity contribution < 1.29 is 13.6 Å². The molecule has 21 heavy (non-hydrogen) atoms. The van der Waals surface area contributed by atoms with E-state index in [-0.39, 0.29) is 5.91 Å². The molecule has 0 saturated heterocycles. The molecule has 1 unspecified atom stereocenters. The Kier molecular flexibility index (Phi) is 4.96. The van der Waals surface area contributed by atoms with Crippen LogP contribution < -0.4 is 5.32 Å². The maximum Gasteiger partial charge on any atom is 0.252 e. The Morgan fingerprint density at radius 2 is 1.90 bits per heavy atom. The Balaban J connectivity index is 2.16. The van der Waals surface area contributed by atoms with Gasteiger partial charge in [0.1, 0.15) is 0 Å². The lowest BCUT2D eigenvalue weighted by molar-refractivity contribution is 0.0939. The maximum atomic E-state index is 13.2. The first-order valence-corrected chi connectivity index (χ1v) is 7.26. The Hall–Kier alpha value is -1.46. The Morgan fingerprint density at radius 1 is 1.19 bits per heavy atom. The van der Waals surface area contributed by atoms with Gasteiger partial charge in [0.25, 0.3) is 5.91 Å². The summed E-state index contributed by atoms with van der Waals surface area (Å²) in [4.78, 5) is 12.2. The van der Waals surface area contributed by atoms with E-state index < -0.39 is 17.7 Å². The highest BCUT2D eigenvalue weighted by atomic mass is 79.9. The molecule has 0 aromatic heterocycles. The summed E-state index contributed by atoms with van der Waals surface area (Å²) < 4.78 is 26.7. The van der Waals surface area contributed by atoms with Crippen molar-refractivity contribution in [3.63, 3.8) is 0 Å². The molecule has 1 N–H and O–H groups in total. The molecule has 2 rings (SSSR count). The molecule has 0 aliphatic heterocycles. The quantitative estimate of drug-likeness (QED) is 0.816. The summed E-state index contributed by atoms with van der Waals surface area (Å²) in [6, 6.07) is 7.86. The molecule has 6 heteroatoms. The molecule has 0 fully saturated rings. The summed E-state index contributed by atoms with van der Waals surface area (Å²) in [6.45, 7) is 1.69. The average molecular weight is 375 g/mol. The van der Waals surface area contributed by atoms with Crippen LogP contribution in [-0.4, -0.2) is 5.91 Å². The van der Waals surface area contributed by atoms with E-state index in [0.29, 0.717) is 20.6 Å². The summed E-state index contributed by atoms with van der Waals surface area (Å²) in [7, 11) is 0. The van der Waals surface area contributed by atoms with Gasteiger partial charge >= 0.3 is 0 Å². The molecule has 0 heterocycles. The van der Waals surface area contributed by atoms with Gasteiger partial charge in [-0.15, -0.1) is 0 Å². The van der Waals surface area contributed by atoms with Gasteiger partial charge in [-0.05, 0) is 58.7 Å². The molecule has 2 aromatic rings. The summed E-state index contributed by atoms with van der Waals surface area (Å²) >= 11 is 9.08. The predicted molar refractivity (Wildman–Crippen MR) is 81.4 cm³/mol. The van der Waals surface area contributed by atoms with Crippen LogP contribution in [-0.2, 0) is 0 Å². The number of carbonyl (C=O) groups excluding carboxylic acids is 1. The van der Waals surface area contributed by atoms with Crippen molar-refractivity contribution in [3.8, 4) is 0 Å². The topological polar surface area (TPSA) is 29.1 Å². The first-order chi connectivity index (χ1) is 9.88. The Morgan fingerprint density at radius 3 is 2.52 bits per heavy atom. The maximum absolute atomic E-state index is 13.2. The number of rotatable bonds is 3. The van der Waals surface area contributed by atoms with Crippen molar-refractivity contribution in [2.24, 2.45) is 0 Å². The standard InChI is InChI=1S/C15H11BrClF2NO/c1-8(9-2-5-13(18)14(19)6-9)20-15(21)11-4-3-10(17)7-12(11)16/h2-8H,1H3,(H,20,21). The second kappa shape index (κ2) is 6.54. The zero-order valence-electron chi connectivity index (χ0n) is 11.0. The minimum absolute atomic E-state index is 0.337. The van der Waals surface area contributed by atoms with Gasteiger partial charge in [-0.25, -0.2) is 8.78 Å². The molecule has 0 bridgehead atoms. The summed E-state index contributed by atoms with van der Waals surface area (Å²) in [5, 5.41) is 3.22. The van der Waals surface area contributed by atoms with E-state index in [2.05, 4.69) is 21.2 Å². The Bertz CT molecular complexity index is 693. The van der Waals surface area contributed by atoms with Gasteiger partial charge in [-0.1, -0.05) is 17.7 Å². The van der Waals surface area contributed by atoms with E-state index in [9.17, 15) is 13.6 Å². The number of hydrogen-bond acceptors (Lipinski definition) is 1. The fourth-order valence-corrected chi connectivity index (χ4v) is 2.68. The van der Waals surface area contributed by atoms with Gasteiger partial charge in [0.15, 0.2) is 11.6 Å². The molecular weight excluding hydrogens is 364 g/mol. The minimum atomic E-state index is -0.943. The molecule has 0 radical (unpaired) electrons. The predicted octanol–water partition coefficient (Wildman–Crippen LogP) is 4.87. The molecule has 2 aromatic carbocycles. The van der Waals surface area contributed by atoms with E-state index >= 15 is 0 Å². The molecule has 1 atom stereocenters. The third kappa shape index (κ3) is 3.80. The van der Waals surface area contributed by atoms with Crippen molar-refractivity contribution in [3.05, 3.63) is 68.7 Å². The van der Waals surface area contributed by atoms with Crippen LogP contribution in [0.2, 0.25) is 5.02 Å². The number of hydrogen-bond donors (Lipinski definition) is 1. The number of carbonyl (C=O) groups is 1. The highest BCUT2D eigenvalue weighted by Crippen LogP contribution is 2.23. The van der Waals surface area contributed by atoms with Gasteiger partial charge < -0.3 is 5.32 Å². The summed E-state index contributed by atoms with van der Waals surface area (Å²) in [6.07, 6.45) is 0. The average Bonchev–Trinajstić information content (AvgIpc) is 2.41. The Labute approximate surface area is 134 Å². The van der Waals surface area contributed by atoms with Gasteiger partial charge in [-0.2, -0.15) is 0 Å². The highest BCUT2D eigenvalue weighted by molar-refractivity contribution is 9.10. The minimum Gasteiger partial charge on any atom is -0.345 e. The van der Waals surface area contributed by atoms with Crippen LogP contribution >= 0.6 is 27.5 Å². The van der Waals surface area contributed by atoms with Crippen LogP contribution in [0.25, 0.3) is 0 Å². The second-order valence-electron chi connectivity index (χ2n) is 4.49. The van der Waals surface area contributed by atoms with Crippen LogP contribution in [0.5, 0.6) is 0 Å². The monoisotopic (exact) mass is 373 g/mol. The molecule has 0 spiro atoms. The largest absolute Gasteiger partial charge is 0.345 e. The SMILES string of the molecule is CC(NC(=O)c1ccc(Cl)cc1Br)c1ccc(F)c(F)c1. The van der Waals surface area contributed by atoms with Gasteiger partial charge in [0, 0.05) is 9.50 Å². The van der Waals surface area contributed by atoms with Crippen molar-refractivity contribution in [1.82, 2.24) is 5.32 Å². The first kappa shape index (κ1) is 15.9. The summed E-state index contributed by atoms with van der Waals surface area (Å²) in [5.74, 6) is -2.20. The number of nitrogens with one attached hydrogen (secondary N) is 1. The van der Waals surface area contributed by atoms with E-state index in [1.54, 1.807) is 25.1 Å². The van der Waals surface area contributed by atoms with Crippen molar-refractivity contribution in [2.75, 3.05) is 0 Å². The van der Waals surface area contributed by atoms with Gasteiger partial charge in [-0.3, -0.25) is 4.79 Å². The molecule has 1 amide bonds. The van der Waals surface area contributed by atoms with Crippen LogP contribution in [0, 0.1) is 11.6 Å². The lowest BCUT2D eigenvalue weighted by Crippen LogP contribution is -2.27. The molecule has 0 aliphatic rings. The lowest BCUT2D eigenvalue weighted by Gasteiger charge is -2.15. The fourth-order valence-electron chi connectivity index (χ4n) is 1.81. The normalized spacial score (nSPS) is 12.0. The zero-order valence-corrected chi connectivity index (χ0v) is 13.3. The van der Waals surface area contributed by atoms with Crippen LogP contribution in [0.1, 0.15) is 28.9 Å². The number of benzene rings is 2. The van der Waals surface area contributed by atoms with E-state index in [1.807, 2.05) is 0 Å². The molecule has 2 nitrogen and oxygen atoms in total. The number of amides is 1. The molecular formula is C15H11BrClF2NO. The van der Waals surface area contributed by atoms with Crippen LogP contribution in [0.15, 0.2) is 40.9 Å². The van der Waals surface area contributed by atoms with Crippen LogP contribution in [0.4, 0.5) is 8.78 Å². The molecule has 110 valence electrons. The fraction of sp³-hybridized carbons (Fsp3) is 0.133. The molecule has 0 aliphatic carbocycles. The van der Waals surface area contributed by atoms with E-state index in [0.717, 1.165) is 12.1 Å². The second-order valence-corrected chi connectivity index (χ2v) is 5.78. The number of halogens is 4. The summed E-state index contributed by atoms with van der Waals surface area (Å²) in [5.41, 5.74) is 0.890. The third-order valence-electron chi connectivity index (χ3n) is 2.97. The smallest absolute Gasteiger partial charge is 0.252 e. The lowest BCUT2D eigenvalue weighted by atomic mass is 10.1. The van der Waals surface area contributed by atoms with Crippen LogP contribution in [0.3, 0.4) is 0 Å². The van der Waals surface area contributed by atoms with E-state index in [4.69, 9.17) is 11.6 Å². The van der Waals surface area contributed by atoms with Gasteiger partial charge in [0.2, 0.25) is 0 Å². The van der Waals surface area contributed by atoms with E-state index in [1.165, 1.54) is 6.07 Å². The van der Waals surface area contributed by atoms with Crippen molar-refractivity contribution in [2.45, 2.75) is 13.0 Å².